The Morgan fingerprint density at radius 2 is 1.86 bits per heavy atom. The van der Waals surface area contributed by atoms with E-state index >= 15 is 0 Å². The number of nitrogens with zero attached hydrogens (tertiary/aromatic N) is 3. The molecule has 0 unspecified atom stereocenters. The van der Waals surface area contributed by atoms with E-state index in [0.717, 1.165) is 20.8 Å². The molecule has 2 heterocycles. The quantitative estimate of drug-likeness (QED) is 0.0933. The van der Waals surface area contributed by atoms with E-state index in [1.54, 1.807) is 18.3 Å². The second kappa shape index (κ2) is 10.9. The first kappa shape index (κ1) is 25.3. The van der Waals surface area contributed by atoms with Gasteiger partial charge in [-0.05, 0) is 71.1 Å². The molecule has 0 atom stereocenters. The van der Waals surface area contributed by atoms with Gasteiger partial charge in [-0.2, -0.15) is 0 Å². The zero-order chi connectivity index (χ0) is 25.0. The molecule has 2 aromatic heterocycles. The molecular weight excluding hydrogens is 573 g/mol. The van der Waals surface area contributed by atoms with Crippen LogP contribution in [0.15, 0.2) is 60.8 Å². The van der Waals surface area contributed by atoms with Crippen molar-refractivity contribution in [3.05, 3.63) is 69.9 Å². The molecule has 0 aliphatic carbocycles. The molecule has 35 heavy (non-hydrogen) atoms. The van der Waals surface area contributed by atoms with E-state index in [4.69, 9.17) is 19.2 Å². The van der Waals surface area contributed by atoms with E-state index in [9.17, 15) is 4.79 Å². The summed E-state index contributed by atoms with van der Waals surface area (Å²) in [7, 11) is 0.130. The molecule has 0 aliphatic heterocycles. The van der Waals surface area contributed by atoms with Gasteiger partial charge < -0.3 is 14.2 Å². The fraction of sp³-hybridized carbons (Fsp3) is 0.269. The van der Waals surface area contributed by atoms with Gasteiger partial charge in [0.15, 0.2) is 5.82 Å². The van der Waals surface area contributed by atoms with Crippen molar-refractivity contribution < 1.29 is 19.0 Å². The van der Waals surface area contributed by atoms with Gasteiger partial charge >= 0.3 is 5.97 Å². The van der Waals surface area contributed by atoms with E-state index in [0.29, 0.717) is 41.7 Å². The van der Waals surface area contributed by atoms with Crippen LogP contribution in [0.1, 0.15) is 10.4 Å². The van der Waals surface area contributed by atoms with Crippen LogP contribution in [0.4, 0.5) is 0 Å². The molecule has 0 fully saturated rings. The number of esters is 1. The van der Waals surface area contributed by atoms with Crippen LogP contribution in [0.3, 0.4) is 0 Å². The Morgan fingerprint density at radius 3 is 2.51 bits per heavy atom. The standard InChI is InChI=1S/C26H28IN3O4Si/c1-32-26(31)20-15-23-22(16-24(20)34-19-10-8-18(27)9-11-19)29-25(21-7-5-6-12-28-21)30(23)17-33-13-14-35(2,3)4/h5-12,15-16H,13-14,17H2,1-4H3. The van der Waals surface area contributed by atoms with Crippen LogP contribution >= 0.6 is 22.6 Å². The Labute approximate surface area is 219 Å². The summed E-state index contributed by atoms with van der Waals surface area (Å²) < 4.78 is 20.3. The molecule has 0 saturated heterocycles. The Hall–Kier alpha value is -2.76. The molecule has 0 aliphatic rings. The average molecular weight is 602 g/mol. The van der Waals surface area contributed by atoms with Crippen molar-refractivity contribution >= 4 is 47.7 Å². The first-order valence-corrected chi connectivity index (χ1v) is 16.1. The van der Waals surface area contributed by atoms with Crippen LogP contribution in [-0.4, -0.2) is 42.3 Å². The molecule has 0 saturated carbocycles. The molecule has 7 nitrogen and oxygen atoms in total. The van der Waals surface area contributed by atoms with Gasteiger partial charge in [-0.3, -0.25) is 9.55 Å². The third kappa shape index (κ3) is 6.27. The maximum atomic E-state index is 12.7. The highest BCUT2D eigenvalue weighted by atomic mass is 127. The Balaban J connectivity index is 1.79. The molecule has 0 bridgehead atoms. The monoisotopic (exact) mass is 601 g/mol. The van der Waals surface area contributed by atoms with Gasteiger partial charge in [-0.25, -0.2) is 9.78 Å². The summed E-state index contributed by atoms with van der Waals surface area (Å²) in [5.74, 6) is 1.17. The van der Waals surface area contributed by atoms with Gasteiger partial charge in [-0.15, -0.1) is 0 Å². The lowest BCUT2D eigenvalue weighted by Gasteiger charge is -2.16. The number of hydrogen-bond donors (Lipinski definition) is 0. The number of halogens is 1. The van der Waals surface area contributed by atoms with Crippen molar-refractivity contribution in [2.24, 2.45) is 0 Å². The first-order valence-electron chi connectivity index (χ1n) is 11.3. The van der Waals surface area contributed by atoms with Crippen LogP contribution in [0.5, 0.6) is 11.5 Å². The van der Waals surface area contributed by atoms with Gasteiger partial charge in [0.1, 0.15) is 29.5 Å². The number of ether oxygens (including phenoxy) is 3. The lowest BCUT2D eigenvalue weighted by atomic mass is 10.1. The lowest BCUT2D eigenvalue weighted by molar-refractivity contribution is 0.0597. The van der Waals surface area contributed by atoms with Crippen LogP contribution in [0, 0.1) is 3.57 Å². The molecule has 0 spiro atoms. The summed E-state index contributed by atoms with van der Waals surface area (Å²) in [6, 6.07) is 17.9. The van der Waals surface area contributed by atoms with Crippen LogP contribution in [-0.2, 0) is 16.2 Å². The normalized spacial score (nSPS) is 11.6. The maximum absolute atomic E-state index is 12.7. The number of imidazole rings is 1. The number of pyridine rings is 1. The maximum Gasteiger partial charge on any atom is 0.341 e. The van der Waals surface area contributed by atoms with E-state index in [2.05, 4.69) is 47.2 Å². The first-order chi connectivity index (χ1) is 16.7. The summed E-state index contributed by atoms with van der Waals surface area (Å²) >= 11 is 2.23. The second-order valence-electron chi connectivity index (χ2n) is 9.31. The highest BCUT2D eigenvalue weighted by molar-refractivity contribution is 14.1. The summed E-state index contributed by atoms with van der Waals surface area (Å²) in [6.45, 7) is 7.92. The number of hydrogen-bond acceptors (Lipinski definition) is 6. The van der Waals surface area contributed by atoms with Gasteiger partial charge in [0.2, 0.25) is 0 Å². The topological polar surface area (TPSA) is 75.5 Å². The molecule has 0 N–H and O–H groups in total. The van der Waals surface area contributed by atoms with Crippen LogP contribution in [0.25, 0.3) is 22.6 Å². The highest BCUT2D eigenvalue weighted by Gasteiger charge is 2.21. The number of benzene rings is 2. The van der Waals surface area contributed by atoms with E-state index in [1.807, 2.05) is 47.0 Å². The average Bonchev–Trinajstić information content (AvgIpc) is 3.19. The third-order valence-electron chi connectivity index (χ3n) is 5.41. The molecule has 2 aromatic carbocycles. The molecule has 9 heteroatoms. The van der Waals surface area contributed by atoms with Crippen molar-refractivity contribution in [1.82, 2.24) is 14.5 Å². The number of carbonyl (C=O) groups excluding carboxylic acids is 1. The van der Waals surface area contributed by atoms with Crippen molar-refractivity contribution in [1.29, 1.82) is 0 Å². The van der Waals surface area contributed by atoms with E-state index in [-0.39, 0.29) is 0 Å². The van der Waals surface area contributed by atoms with Gasteiger partial charge in [-0.1, -0.05) is 25.7 Å². The summed E-state index contributed by atoms with van der Waals surface area (Å²) in [5, 5.41) is 0. The zero-order valence-corrected chi connectivity index (χ0v) is 23.4. The molecule has 0 radical (unpaired) electrons. The predicted molar refractivity (Wildman–Crippen MR) is 148 cm³/mol. The molecule has 182 valence electrons. The number of rotatable bonds is 9. The number of fused-ring (bicyclic) bond motifs is 1. The molecular formula is C26H28IN3O4Si. The van der Waals surface area contributed by atoms with Crippen molar-refractivity contribution in [3.63, 3.8) is 0 Å². The lowest BCUT2D eigenvalue weighted by Crippen LogP contribution is -2.22. The zero-order valence-electron chi connectivity index (χ0n) is 20.2. The minimum atomic E-state index is -1.23. The number of carbonyl (C=O) groups is 1. The molecule has 4 rings (SSSR count). The van der Waals surface area contributed by atoms with Crippen molar-refractivity contribution in [3.8, 4) is 23.0 Å². The van der Waals surface area contributed by atoms with Crippen molar-refractivity contribution in [2.75, 3.05) is 13.7 Å². The summed E-state index contributed by atoms with van der Waals surface area (Å²) in [4.78, 5) is 22.0. The Morgan fingerprint density at radius 1 is 1.09 bits per heavy atom. The molecule has 4 aromatic rings. The largest absolute Gasteiger partial charge is 0.465 e. The smallest absolute Gasteiger partial charge is 0.341 e. The summed E-state index contributed by atoms with van der Waals surface area (Å²) in [5.41, 5.74) is 2.45. The fourth-order valence-electron chi connectivity index (χ4n) is 3.49. The number of aromatic nitrogens is 3. The SMILES string of the molecule is COC(=O)c1cc2c(cc1Oc1ccc(I)cc1)nc(-c1ccccn1)n2COCC[Si](C)(C)C. The fourth-order valence-corrected chi connectivity index (χ4v) is 4.61. The van der Waals surface area contributed by atoms with Crippen LogP contribution < -0.4 is 4.74 Å². The predicted octanol–water partition coefficient (Wildman–Crippen LogP) is 6.59. The number of methoxy groups -OCH3 is 1. The highest BCUT2D eigenvalue weighted by Crippen LogP contribution is 2.33. The Bertz CT molecular complexity index is 1320. The van der Waals surface area contributed by atoms with Crippen molar-refractivity contribution in [2.45, 2.75) is 32.4 Å². The third-order valence-corrected chi connectivity index (χ3v) is 7.83. The van der Waals surface area contributed by atoms with Gasteiger partial charge in [0, 0.05) is 30.5 Å². The summed E-state index contributed by atoms with van der Waals surface area (Å²) in [6.07, 6.45) is 1.73. The molecule has 0 amide bonds. The van der Waals surface area contributed by atoms with Gasteiger partial charge in [0.25, 0.3) is 0 Å². The Kier molecular flexibility index (Phi) is 7.87. The minimum Gasteiger partial charge on any atom is -0.465 e. The minimum absolute atomic E-state index is 0.296. The van der Waals surface area contributed by atoms with Gasteiger partial charge in [0.05, 0.1) is 18.1 Å². The second-order valence-corrected chi connectivity index (χ2v) is 16.2. The van der Waals surface area contributed by atoms with Crippen LogP contribution in [0.2, 0.25) is 25.7 Å². The van der Waals surface area contributed by atoms with E-state index in [1.165, 1.54) is 7.11 Å². The van der Waals surface area contributed by atoms with E-state index < -0.39 is 14.0 Å².